The maximum Gasteiger partial charge on any atom is 0.226 e. The largest absolute Gasteiger partial charge is 0.305 e. The van der Waals surface area contributed by atoms with Gasteiger partial charge in [0.2, 0.25) is 11.9 Å². The quantitative estimate of drug-likeness (QED) is 0.917. The van der Waals surface area contributed by atoms with Crippen molar-refractivity contribution < 1.29 is 4.79 Å². The molecule has 0 saturated carbocycles. The fourth-order valence-electron chi connectivity index (χ4n) is 2.40. The number of carbonyl (C=O) groups is 1. The predicted molar refractivity (Wildman–Crippen MR) is 87.4 cm³/mol. The van der Waals surface area contributed by atoms with Crippen molar-refractivity contribution in [3.63, 3.8) is 0 Å². The van der Waals surface area contributed by atoms with Crippen LogP contribution in [0.1, 0.15) is 47.5 Å². The van der Waals surface area contributed by atoms with Crippen molar-refractivity contribution in [3.8, 4) is 0 Å². The molecule has 1 heterocycles. The summed E-state index contributed by atoms with van der Waals surface area (Å²) in [6.45, 7) is 10.6. The summed E-state index contributed by atoms with van der Waals surface area (Å²) >= 11 is 0. The van der Waals surface area contributed by atoms with Crippen LogP contribution in [-0.4, -0.2) is 15.5 Å². The minimum Gasteiger partial charge on any atom is -0.305 e. The van der Waals surface area contributed by atoms with Crippen LogP contribution in [-0.2, 0) is 10.3 Å². The zero-order valence-corrected chi connectivity index (χ0v) is 13.6. The van der Waals surface area contributed by atoms with Gasteiger partial charge in [-0.15, -0.1) is 0 Å². The van der Waals surface area contributed by atoms with Crippen LogP contribution in [0.3, 0.4) is 0 Å². The molecule has 2 aromatic rings. The first kappa shape index (κ1) is 15.5. The molecule has 0 unspecified atom stereocenters. The lowest BCUT2D eigenvalue weighted by molar-refractivity contribution is -0.116. The van der Waals surface area contributed by atoms with Gasteiger partial charge in [0.1, 0.15) is 0 Å². The summed E-state index contributed by atoms with van der Waals surface area (Å²) in [5, 5.41) is 2.97. The smallest absolute Gasteiger partial charge is 0.226 e. The molecule has 0 aliphatic rings. The summed E-state index contributed by atoms with van der Waals surface area (Å²) in [7, 11) is 0. The van der Waals surface area contributed by atoms with E-state index in [0.29, 0.717) is 18.3 Å². The molecule has 0 saturated heterocycles. The Labute approximate surface area is 126 Å². The van der Waals surface area contributed by atoms with E-state index in [1.54, 1.807) is 0 Å². The molecular weight excluding hydrogens is 262 g/mol. The highest BCUT2D eigenvalue weighted by atomic mass is 16.1. The lowest BCUT2D eigenvalue weighted by Gasteiger charge is -2.24. The van der Waals surface area contributed by atoms with Crippen molar-refractivity contribution in [2.24, 2.45) is 5.92 Å². The number of anilines is 1. The molecule has 2 rings (SSSR count). The molecule has 0 radical (unpaired) electrons. The Morgan fingerprint density at radius 3 is 2.57 bits per heavy atom. The third-order valence-corrected chi connectivity index (χ3v) is 3.43. The first-order valence-electron chi connectivity index (χ1n) is 7.57. The fraction of sp³-hybridized carbons (Fsp3) is 0.529. The molecule has 4 heteroatoms. The Hall–Kier alpha value is -1.84. The Balaban J connectivity index is 2.33. The van der Waals surface area contributed by atoms with Gasteiger partial charge in [-0.2, -0.15) is 0 Å². The normalized spacial score (nSPS) is 12.1. The van der Waals surface area contributed by atoms with Gasteiger partial charge in [0.15, 0.2) is 0 Å². The number of para-hydroxylation sites is 2. The summed E-state index contributed by atoms with van der Waals surface area (Å²) in [5.41, 5.74) is 1.81. The molecule has 0 bridgehead atoms. The summed E-state index contributed by atoms with van der Waals surface area (Å²) in [6, 6.07) is 7.97. The minimum absolute atomic E-state index is 0.0320. The summed E-state index contributed by atoms with van der Waals surface area (Å²) in [6.07, 6.45) is 1.42. The van der Waals surface area contributed by atoms with Crippen LogP contribution in [0.4, 0.5) is 5.95 Å². The molecule has 21 heavy (non-hydrogen) atoms. The highest BCUT2D eigenvalue weighted by Crippen LogP contribution is 2.28. The molecule has 1 aromatic carbocycles. The van der Waals surface area contributed by atoms with Gasteiger partial charge in [-0.05, 0) is 45.2 Å². The van der Waals surface area contributed by atoms with Gasteiger partial charge in [0.05, 0.1) is 11.0 Å². The summed E-state index contributed by atoms with van der Waals surface area (Å²) in [4.78, 5) is 16.7. The highest BCUT2D eigenvalue weighted by molar-refractivity contribution is 5.91. The third kappa shape index (κ3) is 3.63. The molecule has 0 aliphatic heterocycles. The van der Waals surface area contributed by atoms with E-state index in [4.69, 9.17) is 0 Å². The second-order valence-electron chi connectivity index (χ2n) is 6.91. The average molecular weight is 287 g/mol. The second-order valence-corrected chi connectivity index (χ2v) is 6.91. The third-order valence-electron chi connectivity index (χ3n) is 3.43. The van der Waals surface area contributed by atoms with Gasteiger partial charge in [-0.25, -0.2) is 4.98 Å². The molecule has 114 valence electrons. The Bertz CT molecular complexity index is 635. The van der Waals surface area contributed by atoms with Crippen LogP contribution in [0.15, 0.2) is 24.3 Å². The number of imidazole rings is 1. The molecule has 1 aromatic heterocycles. The maximum atomic E-state index is 12.1. The number of rotatable bonds is 4. The highest BCUT2D eigenvalue weighted by Gasteiger charge is 2.22. The van der Waals surface area contributed by atoms with E-state index in [-0.39, 0.29) is 11.4 Å². The Morgan fingerprint density at radius 2 is 1.95 bits per heavy atom. The first-order valence-corrected chi connectivity index (χ1v) is 7.57. The van der Waals surface area contributed by atoms with Crippen molar-refractivity contribution in [2.75, 3.05) is 5.32 Å². The van der Waals surface area contributed by atoms with E-state index >= 15 is 0 Å². The summed E-state index contributed by atoms with van der Waals surface area (Å²) in [5.74, 6) is 1.19. The number of hydrogen-bond donors (Lipinski definition) is 1. The van der Waals surface area contributed by atoms with Crippen molar-refractivity contribution in [3.05, 3.63) is 24.3 Å². The number of nitrogens with zero attached hydrogens (tertiary/aromatic N) is 2. The van der Waals surface area contributed by atoms with Crippen LogP contribution < -0.4 is 5.32 Å². The fourth-order valence-corrected chi connectivity index (χ4v) is 2.40. The second kappa shape index (κ2) is 5.88. The maximum absolute atomic E-state index is 12.1. The van der Waals surface area contributed by atoms with E-state index in [0.717, 1.165) is 17.5 Å². The van der Waals surface area contributed by atoms with E-state index in [9.17, 15) is 4.79 Å². The number of amides is 1. The molecule has 1 N–H and O–H groups in total. The standard InChI is InChI=1S/C17H25N3O/c1-12(2)10-11-15(21)19-16-18-13-8-6-7-9-14(13)20(16)17(3,4)5/h6-9,12H,10-11H2,1-5H3,(H,18,19,21). The van der Waals surface area contributed by atoms with Crippen LogP contribution in [0.2, 0.25) is 0 Å². The minimum atomic E-state index is -0.142. The van der Waals surface area contributed by atoms with E-state index in [1.165, 1.54) is 0 Å². The lowest BCUT2D eigenvalue weighted by Crippen LogP contribution is -2.25. The number of nitrogens with one attached hydrogen (secondary N) is 1. The molecule has 0 atom stereocenters. The number of fused-ring (bicyclic) bond motifs is 1. The van der Waals surface area contributed by atoms with E-state index in [1.807, 2.05) is 24.3 Å². The monoisotopic (exact) mass is 287 g/mol. The van der Waals surface area contributed by atoms with Crippen molar-refractivity contribution in [1.82, 2.24) is 9.55 Å². The van der Waals surface area contributed by atoms with Crippen LogP contribution in [0.25, 0.3) is 11.0 Å². The Morgan fingerprint density at radius 1 is 1.29 bits per heavy atom. The van der Waals surface area contributed by atoms with Crippen molar-refractivity contribution in [1.29, 1.82) is 0 Å². The van der Waals surface area contributed by atoms with Crippen molar-refractivity contribution >= 4 is 22.9 Å². The summed E-state index contributed by atoms with van der Waals surface area (Å²) < 4.78 is 2.09. The van der Waals surface area contributed by atoms with Gasteiger partial charge >= 0.3 is 0 Å². The van der Waals surface area contributed by atoms with Gasteiger partial charge < -0.3 is 4.57 Å². The van der Waals surface area contributed by atoms with Gasteiger partial charge in [-0.1, -0.05) is 26.0 Å². The van der Waals surface area contributed by atoms with Gasteiger partial charge in [0, 0.05) is 12.0 Å². The number of carbonyl (C=O) groups excluding carboxylic acids is 1. The molecule has 0 spiro atoms. The first-order chi connectivity index (χ1) is 9.79. The van der Waals surface area contributed by atoms with Crippen LogP contribution >= 0.6 is 0 Å². The zero-order valence-electron chi connectivity index (χ0n) is 13.6. The Kier molecular flexibility index (Phi) is 4.35. The number of aromatic nitrogens is 2. The predicted octanol–water partition coefficient (Wildman–Crippen LogP) is 4.17. The number of hydrogen-bond acceptors (Lipinski definition) is 2. The topological polar surface area (TPSA) is 46.9 Å². The zero-order chi connectivity index (χ0) is 15.6. The van der Waals surface area contributed by atoms with Gasteiger partial charge in [0.25, 0.3) is 0 Å². The van der Waals surface area contributed by atoms with Crippen LogP contribution in [0.5, 0.6) is 0 Å². The molecule has 4 nitrogen and oxygen atoms in total. The molecule has 0 aliphatic carbocycles. The van der Waals surface area contributed by atoms with Crippen LogP contribution in [0, 0.1) is 5.92 Å². The van der Waals surface area contributed by atoms with E-state index < -0.39 is 0 Å². The molecule has 1 amide bonds. The number of benzene rings is 1. The lowest BCUT2D eigenvalue weighted by atomic mass is 10.1. The SMILES string of the molecule is CC(C)CCC(=O)Nc1nc2ccccc2n1C(C)(C)C. The molecule has 0 fully saturated rings. The van der Waals surface area contributed by atoms with Gasteiger partial charge in [-0.3, -0.25) is 10.1 Å². The van der Waals surface area contributed by atoms with Crippen molar-refractivity contribution in [2.45, 2.75) is 53.0 Å². The molecular formula is C17H25N3O. The van der Waals surface area contributed by atoms with E-state index in [2.05, 4.69) is 49.5 Å². The average Bonchev–Trinajstić information content (AvgIpc) is 2.73.